The number of nitrogens with zero attached hydrogens (tertiary/aromatic N) is 1. The van der Waals surface area contributed by atoms with Crippen molar-refractivity contribution in [3.05, 3.63) is 71.8 Å². The summed E-state index contributed by atoms with van der Waals surface area (Å²) in [5, 5.41) is 3.08. The van der Waals surface area contributed by atoms with Gasteiger partial charge in [-0.3, -0.25) is 4.79 Å². The fourth-order valence-corrected chi connectivity index (χ4v) is 3.27. The highest BCUT2D eigenvalue weighted by Gasteiger charge is 2.19. The van der Waals surface area contributed by atoms with Crippen LogP contribution >= 0.6 is 0 Å². The second-order valence-corrected chi connectivity index (χ2v) is 6.60. The summed E-state index contributed by atoms with van der Waals surface area (Å²) in [6.07, 6.45) is 3.46. The summed E-state index contributed by atoms with van der Waals surface area (Å²) >= 11 is 0. The van der Waals surface area contributed by atoms with Gasteiger partial charge >= 0.3 is 0 Å². The van der Waals surface area contributed by atoms with Crippen LogP contribution in [0.1, 0.15) is 28.8 Å². The lowest BCUT2D eigenvalue weighted by Gasteiger charge is -2.32. The molecule has 1 heterocycles. The first-order valence-corrected chi connectivity index (χ1v) is 8.91. The molecule has 2 aromatic rings. The summed E-state index contributed by atoms with van der Waals surface area (Å²) in [6, 6.07) is 20.1. The lowest BCUT2D eigenvalue weighted by atomic mass is 9.96. The van der Waals surface area contributed by atoms with Gasteiger partial charge in [0.2, 0.25) is 0 Å². The molecular weight excluding hydrogens is 296 g/mol. The third-order valence-corrected chi connectivity index (χ3v) is 4.85. The van der Waals surface area contributed by atoms with Crippen molar-refractivity contribution in [3.63, 3.8) is 0 Å². The van der Waals surface area contributed by atoms with Crippen LogP contribution in [0.2, 0.25) is 0 Å². The minimum Gasteiger partial charge on any atom is -0.352 e. The minimum atomic E-state index is 0.0436. The molecule has 1 aliphatic rings. The predicted molar refractivity (Wildman–Crippen MR) is 98.1 cm³/mol. The monoisotopic (exact) mass is 322 g/mol. The van der Waals surface area contributed by atoms with Crippen molar-refractivity contribution in [2.24, 2.45) is 5.92 Å². The van der Waals surface area contributed by atoms with Gasteiger partial charge in [-0.05, 0) is 56.0 Å². The second-order valence-electron chi connectivity index (χ2n) is 6.60. The van der Waals surface area contributed by atoms with Gasteiger partial charge in [0, 0.05) is 18.7 Å². The number of hydrogen-bond donors (Lipinski definition) is 1. The van der Waals surface area contributed by atoms with E-state index in [0.717, 1.165) is 38.2 Å². The maximum atomic E-state index is 12.1. The van der Waals surface area contributed by atoms with E-state index in [1.165, 1.54) is 18.4 Å². The number of nitrogens with one attached hydrogen (secondary N) is 1. The highest BCUT2D eigenvalue weighted by atomic mass is 16.1. The summed E-state index contributed by atoms with van der Waals surface area (Å²) in [4.78, 5) is 14.6. The number of benzene rings is 2. The van der Waals surface area contributed by atoms with E-state index < -0.39 is 0 Å². The largest absolute Gasteiger partial charge is 0.352 e. The first kappa shape index (κ1) is 16.7. The van der Waals surface area contributed by atoms with Crippen LogP contribution in [0.3, 0.4) is 0 Å². The molecule has 0 unspecified atom stereocenters. The number of amides is 1. The van der Waals surface area contributed by atoms with Crippen LogP contribution < -0.4 is 5.32 Å². The Morgan fingerprint density at radius 2 is 1.58 bits per heavy atom. The van der Waals surface area contributed by atoms with Gasteiger partial charge in [-0.1, -0.05) is 48.5 Å². The molecule has 0 radical (unpaired) electrons. The first-order chi connectivity index (χ1) is 11.8. The van der Waals surface area contributed by atoms with Crippen LogP contribution in [0.15, 0.2) is 60.7 Å². The Morgan fingerprint density at radius 3 is 2.25 bits per heavy atom. The normalized spacial score (nSPS) is 16.0. The zero-order chi connectivity index (χ0) is 16.6. The molecule has 1 N–H and O–H groups in total. The average molecular weight is 322 g/mol. The molecule has 0 aromatic heterocycles. The Morgan fingerprint density at radius 1 is 0.958 bits per heavy atom. The third kappa shape index (κ3) is 4.93. The molecule has 1 amide bonds. The quantitative estimate of drug-likeness (QED) is 0.884. The Labute approximate surface area is 144 Å². The molecular formula is C21H26N2O. The van der Waals surface area contributed by atoms with E-state index in [-0.39, 0.29) is 5.91 Å². The number of hydrogen-bond acceptors (Lipinski definition) is 2. The van der Waals surface area contributed by atoms with Crippen molar-refractivity contribution in [1.82, 2.24) is 10.2 Å². The van der Waals surface area contributed by atoms with Crippen molar-refractivity contribution < 1.29 is 4.79 Å². The van der Waals surface area contributed by atoms with Gasteiger partial charge in [0.05, 0.1) is 0 Å². The third-order valence-electron chi connectivity index (χ3n) is 4.85. The van der Waals surface area contributed by atoms with Gasteiger partial charge in [0.15, 0.2) is 0 Å². The lowest BCUT2D eigenvalue weighted by molar-refractivity contribution is 0.0936. The van der Waals surface area contributed by atoms with Crippen molar-refractivity contribution in [3.8, 4) is 0 Å². The highest BCUT2D eigenvalue weighted by molar-refractivity contribution is 5.94. The van der Waals surface area contributed by atoms with E-state index >= 15 is 0 Å². The molecule has 3 nitrogen and oxygen atoms in total. The molecule has 1 fully saturated rings. The first-order valence-electron chi connectivity index (χ1n) is 8.91. The van der Waals surface area contributed by atoms with Crippen LogP contribution in [0, 0.1) is 5.92 Å². The molecule has 2 aromatic carbocycles. The van der Waals surface area contributed by atoms with Gasteiger partial charge in [-0.15, -0.1) is 0 Å². The summed E-state index contributed by atoms with van der Waals surface area (Å²) in [6.45, 7) is 4.20. The Kier molecular flexibility index (Phi) is 6.02. The summed E-state index contributed by atoms with van der Waals surface area (Å²) in [5.74, 6) is 0.646. The predicted octanol–water partition coefficient (Wildman–Crippen LogP) is 3.37. The molecule has 0 saturated carbocycles. The number of carbonyl (C=O) groups excluding carboxylic acids is 1. The molecule has 24 heavy (non-hydrogen) atoms. The zero-order valence-electron chi connectivity index (χ0n) is 14.2. The lowest BCUT2D eigenvalue weighted by Crippen LogP contribution is -2.39. The molecule has 126 valence electrons. The van der Waals surface area contributed by atoms with Crippen LogP contribution in [0.25, 0.3) is 0 Å². The number of carbonyl (C=O) groups is 1. The van der Waals surface area contributed by atoms with Gasteiger partial charge in [0.25, 0.3) is 5.91 Å². The molecule has 3 rings (SSSR count). The second kappa shape index (κ2) is 8.65. The Balaban J connectivity index is 1.35. The summed E-state index contributed by atoms with van der Waals surface area (Å²) in [7, 11) is 0. The molecule has 3 heteroatoms. The Bertz CT molecular complexity index is 619. The van der Waals surface area contributed by atoms with Crippen LogP contribution in [-0.2, 0) is 6.42 Å². The number of piperidine rings is 1. The van der Waals surface area contributed by atoms with Crippen molar-refractivity contribution in [1.29, 1.82) is 0 Å². The Hall–Kier alpha value is -2.13. The van der Waals surface area contributed by atoms with E-state index in [2.05, 4.69) is 40.5 Å². The standard InChI is InChI=1S/C21H26N2O/c24-21(20-9-5-2-6-10-20)22-17-19-12-15-23(16-13-19)14-11-18-7-3-1-4-8-18/h1-10,19H,11-17H2,(H,22,24). The van der Waals surface area contributed by atoms with Gasteiger partial charge < -0.3 is 10.2 Å². The zero-order valence-corrected chi connectivity index (χ0v) is 14.2. The van der Waals surface area contributed by atoms with E-state index in [4.69, 9.17) is 0 Å². The summed E-state index contributed by atoms with van der Waals surface area (Å²) in [5.41, 5.74) is 2.16. The molecule has 1 saturated heterocycles. The fourth-order valence-electron chi connectivity index (χ4n) is 3.27. The van der Waals surface area contributed by atoms with Gasteiger partial charge in [-0.25, -0.2) is 0 Å². The molecule has 0 aliphatic carbocycles. The van der Waals surface area contributed by atoms with Crippen LogP contribution in [0.4, 0.5) is 0 Å². The molecule has 0 atom stereocenters. The smallest absolute Gasteiger partial charge is 0.251 e. The molecule has 0 spiro atoms. The van der Waals surface area contributed by atoms with E-state index in [1.807, 2.05) is 30.3 Å². The van der Waals surface area contributed by atoms with Gasteiger partial charge in [0.1, 0.15) is 0 Å². The van der Waals surface area contributed by atoms with Crippen molar-refractivity contribution >= 4 is 5.91 Å². The SMILES string of the molecule is O=C(NCC1CCN(CCc2ccccc2)CC1)c1ccccc1. The van der Waals surface area contributed by atoms with E-state index in [9.17, 15) is 4.79 Å². The maximum absolute atomic E-state index is 12.1. The average Bonchev–Trinajstić information content (AvgIpc) is 2.67. The van der Waals surface area contributed by atoms with Crippen molar-refractivity contribution in [2.75, 3.05) is 26.2 Å². The van der Waals surface area contributed by atoms with Crippen molar-refractivity contribution in [2.45, 2.75) is 19.3 Å². The summed E-state index contributed by atoms with van der Waals surface area (Å²) < 4.78 is 0. The topological polar surface area (TPSA) is 32.3 Å². The van der Waals surface area contributed by atoms with Crippen LogP contribution in [0.5, 0.6) is 0 Å². The molecule has 1 aliphatic heterocycles. The van der Waals surface area contributed by atoms with E-state index in [1.54, 1.807) is 0 Å². The number of rotatable bonds is 6. The highest BCUT2D eigenvalue weighted by Crippen LogP contribution is 2.17. The minimum absolute atomic E-state index is 0.0436. The fraction of sp³-hybridized carbons (Fsp3) is 0.381. The van der Waals surface area contributed by atoms with Crippen LogP contribution in [-0.4, -0.2) is 37.0 Å². The maximum Gasteiger partial charge on any atom is 0.251 e. The molecule has 0 bridgehead atoms. The van der Waals surface area contributed by atoms with Gasteiger partial charge in [-0.2, -0.15) is 0 Å². The number of likely N-dealkylation sites (tertiary alicyclic amines) is 1. The van der Waals surface area contributed by atoms with E-state index in [0.29, 0.717) is 5.92 Å².